The van der Waals surface area contributed by atoms with E-state index < -0.39 is 23.5 Å². The van der Waals surface area contributed by atoms with Crippen LogP contribution in [0.2, 0.25) is 0 Å². The highest BCUT2D eigenvalue weighted by Crippen LogP contribution is 2.40. The topological polar surface area (TPSA) is 79.3 Å². The number of benzene rings is 2. The van der Waals surface area contributed by atoms with Gasteiger partial charge in [-0.15, -0.1) is 0 Å². The third-order valence-corrected chi connectivity index (χ3v) is 6.18. The Morgan fingerprint density at radius 1 is 1.12 bits per heavy atom. The molecule has 8 heteroatoms. The van der Waals surface area contributed by atoms with Crippen LogP contribution in [0.15, 0.2) is 48.0 Å². The van der Waals surface area contributed by atoms with Gasteiger partial charge in [-0.3, -0.25) is 14.5 Å². The minimum absolute atomic E-state index is 0.00172. The van der Waals surface area contributed by atoms with Crippen molar-refractivity contribution in [3.63, 3.8) is 0 Å². The van der Waals surface area contributed by atoms with Crippen LogP contribution < -0.4 is 4.74 Å². The van der Waals surface area contributed by atoms with E-state index >= 15 is 0 Å². The van der Waals surface area contributed by atoms with E-state index in [4.69, 9.17) is 9.47 Å². The molecular formula is C25H27FN2O5. The van der Waals surface area contributed by atoms with Gasteiger partial charge in [0.15, 0.2) is 0 Å². The van der Waals surface area contributed by atoms with Crippen LogP contribution in [0, 0.1) is 12.7 Å². The number of rotatable bonds is 6. The Labute approximate surface area is 192 Å². The predicted molar refractivity (Wildman–Crippen MR) is 120 cm³/mol. The van der Waals surface area contributed by atoms with Crippen LogP contribution in [0.4, 0.5) is 4.39 Å². The second kappa shape index (κ2) is 9.72. The SMILES string of the molecule is COc1ccc(/C(O)=C2\C(=O)C(=O)N(CCN3CCOCC3)[C@@H]2c2ccc(F)cc2)c(C)c1. The lowest BCUT2D eigenvalue weighted by molar-refractivity contribution is -0.140. The molecule has 2 aliphatic heterocycles. The Hall–Kier alpha value is -3.23. The largest absolute Gasteiger partial charge is 0.507 e. The van der Waals surface area contributed by atoms with Crippen LogP contribution in [0.5, 0.6) is 5.75 Å². The zero-order chi connectivity index (χ0) is 23.5. The number of nitrogens with zero attached hydrogens (tertiary/aromatic N) is 2. The summed E-state index contributed by atoms with van der Waals surface area (Å²) in [5.41, 5.74) is 1.70. The fourth-order valence-electron chi connectivity index (χ4n) is 4.35. The van der Waals surface area contributed by atoms with Gasteiger partial charge in [-0.25, -0.2) is 4.39 Å². The van der Waals surface area contributed by atoms with Gasteiger partial charge in [0.25, 0.3) is 11.7 Å². The molecule has 0 unspecified atom stereocenters. The number of Topliss-reactive ketones (excluding diaryl/α,β-unsaturated/α-hetero) is 1. The number of aryl methyl sites for hydroxylation is 1. The maximum absolute atomic E-state index is 13.6. The predicted octanol–water partition coefficient (Wildman–Crippen LogP) is 2.90. The number of ketones is 1. The number of hydrogen-bond donors (Lipinski definition) is 1. The second-order valence-corrected chi connectivity index (χ2v) is 8.18. The number of morpholine rings is 1. The standard InChI is InChI=1S/C25H27FN2O5/c1-16-15-19(32-2)7-8-20(16)23(29)21-22(17-3-5-18(26)6-4-17)28(25(31)24(21)30)10-9-27-11-13-33-14-12-27/h3-8,15,22,29H,9-14H2,1-2H3/b23-21+/t22-/m1/s1. The molecule has 2 fully saturated rings. The molecule has 2 heterocycles. The van der Waals surface area contributed by atoms with Crippen molar-refractivity contribution in [2.75, 3.05) is 46.5 Å². The first-order valence-electron chi connectivity index (χ1n) is 10.9. The average Bonchev–Trinajstić information content (AvgIpc) is 3.08. The third-order valence-electron chi connectivity index (χ3n) is 6.18. The van der Waals surface area contributed by atoms with Gasteiger partial charge in [0, 0.05) is 31.7 Å². The van der Waals surface area contributed by atoms with Gasteiger partial charge in [-0.05, 0) is 48.4 Å². The van der Waals surface area contributed by atoms with Gasteiger partial charge in [0.2, 0.25) is 0 Å². The van der Waals surface area contributed by atoms with Crippen molar-refractivity contribution in [2.24, 2.45) is 0 Å². The normalized spacial score (nSPS) is 20.9. The second-order valence-electron chi connectivity index (χ2n) is 8.18. The molecule has 4 rings (SSSR count). The van der Waals surface area contributed by atoms with Gasteiger partial charge in [-0.2, -0.15) is 0 Å². The molecule has 1 N–H and O–H groups in total. The molecule has 174 valence electrons. The quantitative estimate of drug-likeness (QED) is 0.411. The molecule has 33 heavy (non-hydrogen) atoms. The van der Waals surface area contributed by atoms with Gasteiger partial charge in [-0.1, -0.05) is 12.1 Å². The number of halogens is 1. The Bertz CT molecular complexity index is 1080. The average molecular weight is 454 g/mol. The van der Waals surface area contributed by atoms with Crippen molar-refractivity contribution < 1.29 is 28.6 Å². The first-order chi connectivity index (χ1) is 15.9. The summed E-state index contributed by atoms with van der Waals surface area (Å²) in [6.45, 7) is 5.39. The Balaban J connectivity index is 1.75. The summed E-state index contributed by atoms with van der Waals surface area (Å²) in [6.07, 6.45) is 0. The van der Waals surface area contributed by atoms with E-state index in [1.807, 2.05) is 0 Å². The molecule has 0 spiro atoms. The summed E-state index contributed by atoms with van der Waals surface area (Å²) in [7, 11) is 1.54. The third kappa shape index (κ3) is 4.62. The van der Waals surface area contributed by atoms with Crippen molar-refractivity contribution in [2.45, 2.75) is 13.0 Å². The molecule has 2 aromatic rings. The van der Waals surface area contributed by atoms with Crippen molar-refractivity contribution >= 4 is 17.4 Å². The summed E-state index contributed by atoms with van der Waals surface area (Å²) in [6, 6.07) is 9.94. The lowest BCUT2D eigenvalue weighted by atomic mass is 9.94. The van der Waals surface area contributed by atoms with Crippen LogP contribution in [0.3, 0.4) is 0 Å². The number of methoxy groups -OCH3 is 1. The number of carbonyl (C=O) groups is 2. The van der Waals surface area contributed by atoms with Gasteiger partial charge >= 0.3 is 0 Å². The van der Waals surface area contributed by atoms with Crippen LogP contribution >= 0.6 is 0 Å². The molecule has 0 bridgehead atoms. The van der Waals surface area contributed by atoms with E-state index in [2.05, 4.69) is 4.90 Å². The molecule has 0 aromatic heterocycles. The number of ether oxygens (including phenoxy) is 2. The van der Waals surface area contributed by atoms with Gasteiger partial charge in [0.05, 0.1) is 31.9 Å². The van der Waals surface area contributed by atoms with E-state index in [1.165, 1.54) is 17.0 Å². The van der Waals surface area contributed by atoms with Crippen molar-refractivity contribution in [3.05, 3.63) is 70.5 Å². The van der Waals surface area contributed by atoms with Crippen LogP contribution in [0.25, 0.3) is 5.76 Å². The number of aliphatic hydroxyl groups excluding tert-OH is 1. The summed E-state index contributed by atoms with van der Waals surface area (Å²) in [5, 5.41) is 11.2. The van der Waals surface area contributed by atoms with Crippen molar-refractivity contribution in [3.8, 4) is 5.75 Å². The fraction of sp³-hybridized carbons (Fsp3) is 0.360. The van der Waals surface area contributed by atoms with E-state index in [0.717, 1.165) is 13.1 Å². The van der Waals surface area contributed by atoms with Crippen molar-refractivity contribution in [1.29, 1.82) is 0 Å². The number of amides is 1. The number of likely N-dealkylation sites (tertiary alicyclic amines) is 1. The highest BCUT2D eigenvalue weighted by Gasteiger charge is 2.46. The lowest BCUT2D eigenvalue weighted by Crippen LogP contribution is -2.42. The number of carbonyl (C=O) groups excluding carboxylic acids is 2. The monoisotopic (exact) mass is 454 g/mol. The molecule has 0 radical (unpaired) electrons. The molecule has 0 aliphatic carbocycles. The molecule has 7 nitrogen and oxygen atoms in total. The number of hydrogen-bond acceptors (Lipinski definition) is 6. The Kier molecular flexibility index (Phi) is 6.76. The molecule has 2 saturated heterocycles. The van der Waals surface area contributed by atoms with Crippen molar-refractivity contribution in [1.82, 2.24) is 9.80 Å². The van der Waals surface area contributed by atoms with Crippen LogP contribution in [0.1, 0.15) is 22.7 Å². The first-order valence-corrected chi connectivity index (χ1v) is 10.9. The van der Waals surface area contributed by atoms with E-state index in [-0.39, 0.29) is 11.3 Å². The minimum atomic E-state index is -0.812. The first kappa shape index (κ1) is 22.9. The molecule has 2 aromatic carbocycles. The molecular weight excluding hydrogens is 427 g/mol. The zero-order valence-electron chi connectivity index (χ0n) is 18.7. The van der Waals surface area contributed by atoms with Gasteiger partial charge in [0.1, 0.15) is 17.3 Å². The van der Waals surface area contributed by atoms with E-state index in [9.17, 15) is 19.1 Å². The molecule has 1 atom stereocenters. The van der Waals surface area contributed by atoms with Gasteiger partial charge < -0.3 is 19.5 Å². The highest BCUT2D eigenvalue weighted by atomic mass is 19.1. The Morgan fingerprint density at radius 2 is 1.82 bits per heavy atom. The van der Waals surface area contributed by atoms with Crippen LogP contribution in [-0.4, -0.2) is 73.1 Å². The smallest absolute Gasteiger partial charge is 0.295 e. The Morgan fingerprint density at radius 3 is 2.45 bits per heavy atom. The zero-order valence-corrected chi connectivity index (χ0v) is 18.7. The minimum Gasteiger partial charge on any atom is -0.507 e. The summed E-state index contributed by atoms with van der Waals surface area (Å²) < 4.78 is 24.2. The summed E-state index contributed by atoms with van der Waals surface area (Å²) in [5.74, 6) is -1.49. The molecule has 1 amide bonds. The molecule has 2 aliphatic rings. The van der Waals surface area contributed by atoms with E-state index in [0.29, 0.717) is 48.7 Å². The summed E-state index contributed by atoms with van der Waals surface area (Å²) >= 11 is 0. The van der Waals surface area contributed by atoms with Crippen LogP contribution in [-0.2, 0) is 14.3 Å². The molecule has 0 saturated carbocycles. The summed E-state index contributed by atoms with van der Waals surface area (Å²) in [4.78, 5) is 29.8. The maximum Gasteiger partial charge on any atom is 0.295 e. The number of aliphatic hydroxyl groups is 1. The maximum atomic E-state index is 13.6. The lowest BCUT2D eigenvalue weighted by Gasteiger charge is -2.31. The highest BCUT2D eigenvalue weighted by molar-refractivity contribution is 6.46. The fourth-order valence-corrected chi connectivity index (χ4v) is 4.35. The van der Waals surface area contributed by atoms with E-state index in [1.54, 1.807) is 44.4 Å².